The third-order valence-electron chi connectivity index (χ3n) is 3.10. The molecule has 2 aromatic carbocycles. The van der Waals surface area contributed by atoms with Gasteiger partial charge in [0.05, 0.1) is 0 Å². The summed E-state index contributed by atoms with van der Waals surface area (Å²) in [6.07, 6.45) is 4.06. The van der Waals surface area contributed by atoms with E-state index in [4.69, 9.17) is 0 Å². The minimum atomic E-state index is -0.402. The Morgan fingerprint density at radius 3 is 2.74 bits per heavy atom. The van der Waals surface area contributed by atoms with E-state index >= 15 is 0 Å². The molecule has 3 heteroatoms. The number of aldehydes is 1. The van der Waals surface area contributed by atoms with Gasteiger partial charge in [-0.3, -0.25) is 9.78 Å². The molecule has 0 radical (unpaired) electrons. The molecule has 0 amide bonds. The second kappa shape index (κ2) is 4.61. The lowest BCUT2D eigenvalue weighted by Crippen LogP contribution is -1.89. The quantitative estimate of drug-likeness (QED) is 0.647. The summed E-state index contributed by atoms with van der Waals surface area (Å²) in [5.41, 5.74) is 1.59. The minimum Gasteiger partial charge on any atom is -0.298 e. The van der Waals surface area contributed by atoms with Gasteiger partial charge in [-0.05, 0) is 23.1 Å². The zero-order chi connectivity index (χ0) is 13.2. The molecule has 2 nitrogen and oxygen atoms in total. The minimum absolute atomic E-state index is 0.333. The molecule has 1 aromatic heterocycles. The summed E-state index contributed by atoms with van der Waals surface area (Å²) in [5, 5.41) is 1.90. The maximum atomic E-state index is 14.1. The number of aromatic nitrogens is 1. The standard InChI is InChI=1S/C16H10FNO/c17-16-8-11(10-19)4-5-14(16)13-3-1-2-12-6-7-18-9-15(12)13/h1-10H. The Kier molecular flexibility index (Phi) is 2.80. The molecule has 0 saturated carbocycles. The highest BCUT2D eigenvalue weighted by Crippen LogP contribution is 2.30. The van der Waals surface area contributed by atoms with E-state index in [1.54, 1.807) is 24.5 Å². The molecule has 19 heavy (non-hydrogen) atoms. The first-order valence-corrected chi connectivity index (χ1v) is 5.87. The molecule has 0 bridgehead atoms. The van der Waals surface area contributed by atoms with Crippen molar-refractivity contribution in [2.75, 3.05) is 0 Å². The highest BCUT2D eigenvalue weighted by molar-refractivity contribution is 5.96. The molecule has 1 heterocycles. The van der Waals surface area contributed by atoms with Crippen molar-refractivity contribution in [1.82, 2.24) is 4.98 Å². The lowest BCUT2D eigenvalue weighted by molar-refractivity contribution is 0.112. The number of rotatable bonds is 2. The van der Waals surface area contributed by atoms with Crippen LogP contribution in [-0.4, -0.2) is 11.3 Å². The first kappa shape index (κ1) is 11.5. The zero-order valence-corrected chi connectivity index (χ0v) is 10.0. The van der Waals surface area contributed by atoms with Gasteiger partial charge in [-0.1, -0.05) is 30.3 Å². The fourth-order valence-corrected chi connectivity index (χ4v) is 2.17. The van der Waals surface area contributed by atoms with E-state index in [1.165, 1.54) is 6.07 Å². The van der Waals surface area contributed by atoms with Gasteiger partial charge in [0.1, 0.15) is 12.1 Å². The number of nitrogens with zero attached hydrogens (tertiary/aromatic N) is 1. The summed E-state index contributed by atoms with van der Waals surface area (Å²) in [7, 11) is 0. The predicted octanol–water partition coefficient (Wildman–Crippen LogP) is 3.85. The average molecular weight is 251 g/mol. The van der Waals surface area contributed by atoms with Gasteiger partial charge in [-0.25, -0.2) is 4.39 Å². The fourth-order valence-electron chi connectivity index (χ4n) is 2.17. The van der Waals surface area contributed by atoms with Crippen LogP contribution in [0.15, 0.2) is 54.9 Å². The third-order valence-corrected chi connectivity index (χ3v) is 3.10. The average Bonchev–Trinajstić information content (AvgIpc) is 2.46. The van der Waals surface area contributed by atoms with Crippen LogP contribution in [0.3, 0.4) is 0 Å². The van der Waals surface area contributed by atoms with Gasteiger partial charge >= 0.3 is 0 Å². The van der Waals surface area contributed by atoms with Crippen LogP contribution in [0.2, 0.25) is 0 Å². The van der Waals surface area contributed by atoms with Crippen LogP contribution in [0, 0.1) is 5.82 Å². The number of halogens is 1. The van der Waals surface area contributed by atoms with E-state index < -0.39 is 5.82 Å². The van der Waals surface area contributed by atoms with Crippen molar-refractivity contribution < 1.29 is 9.18 Å². The first-order valence-electron chi connectivity index (χ1n) is 5.87. The van der Waals surface area contributed by atoms with E-state index in [2.05, 4.69) is 4.98 Å². The Balaban J connectivity index is 2.27. The van der Waals surface area contributed by atoms with Crippen molar-refractivity contribution in [3.8, 4) is 11.1 Å². The molecule has 0 aliphatic carbocycles. The summed E-state index contributed by atoms with van der Waals surface area (Å²) in [5.74, 6) is -0.402. The summed E-state index contributed by atoms with van der Waals surface area (Å²) < 4.78 is 14.1. The van der Waals surface area contributed by atoms with Gasteiger partial charge in [-0.2, -0.15) is 0 Å². The lowest BCUT2D eigenvalue weighted by Gasteiger charge is -2.07. The summed E-state index contributed by atoms with van der Waals surface area (Å²) in [6.45, 7) is 0. The molecule has 0 fully saturated rings. The Morgan fingerprint density at radius 2 is 1.95 bits per heavy atom. The molecule has 0 saturated heterocycles. The predicted molar refractivity (Wildman–Crippen MR) is 72.5 cm³/mol. The number of carbonyl (C=O) groups excluding carboxylic acids is 1. The van der Waals surface area contributed by atoms with Crippen LogP contribution in [0.1, 0.15) is 10.4 Å². The van der Waals surface area contributed by atoms with Crippen LogP contribution in [0.5, 0.6) is 0 Å². The van der Waals surface area contributed by atoms with E-state index in [0.29, 0.717) is 17.4 Å². The topological polar surface area (TPSA) is 30.0 Å². The van der Waals surface area contributed by atoms with Crippen LogP contribution < -0.4 is 0 Å². The molecule has 0 aliphatic rings. The van der Waals surface area contributed by atoms with Crippen molar-refractivity contribution in [3.05, 3.63) is 66.2 Å². The molecule has 0 unspecified atom stereocenters. The molecular weight excluding hydrogens is 241 g/mol. The number of benzene rings is 2. The highest BCUT2D eigenvalue weighted by Gasteiger charge is 2.09. The Labute approximate surface area is 109 Å². The summed E-state index contributed by atoms with van der Waals surface area (Å²) in [6, 6.07) is 12.1. The van der Waals surface area contributed by atoms with E-state index in [-0.39, 0.29) is 0 Å². The number of hydrogen-bond donors (Lipinski definition) is 0. The van der Waals surface area contributed by atoms with Gasteiger partial charge in [0.25, 0.3) is 0 Å². The fraction of sp³-hybridized carbons (Fsp3) is 0. The normalized spacial score (nSPS) is 10.6. The lowest BCUT2D eigenvalue weighted by atomic mass is 9.98. The molecule has 0 aliphatic heterocycles. The molecular formula is C16H10FNO. The molecule has 0 atom stereocenters. The Morgan fingerprint density at radius 1 is 1.05 bits per heavy atom. The molecule has 0 spiro atoms. The first-order chi connectivity index (χ1) is 9.29. The molecule has 92 valence electrons. The summed E-state index contributed by atoms with van der Waals surface area (Å²) in [4.78, 5) is 14.7. The van der Waals surface area contributed by atoms with Gasteiger partial charge < -0.3 is 0 Å². The van der Waals surface area contributed by atoms with E-state index in [0.717, 1.165) is 16.3 Å². The van der Waals surface area contributed by atoms with Gasteiger partial charge in [0, 0.05) is 28.9 Å². The molecule has 3 aromatic rings. The van der Waals surface area contributed by atoms with Gasteiger partial charge in [0.15, 0.2) is 0 Å². The van der Waals surface area contributed by atoms with Crippen molar-refractivity contribution >= 4 is 17.1 Å². The zero-order valence-electron chi connectivity index (χ0n) is 10.0. The molecule has 0 N–H and O–H groups in total. The number of pyridine rings is 1. The van der Waals surface area contributed by atoms with Crippen molar-refractivity contribution in [2.24, 2.45) is 0 Å². The highest BCUT2D eigenvalue weighted by atomic mass is 19.1. The second-order valence-corrected chi connectivity index (χ2v) is 4.26. The maximum absolute atomic E-state index is 14.1. The second-order valence-electron chi connectivity index (χ2n) is 4.26. The maximum Gasteiger partial charge on any atom is 0.150 e. The SMILES string of the molecule is O=Cc1ccc(-c2cccc3ccncc23)c(F)c1. The smallest absolute Gasteiger partial charge is 0.150 e. The van der Waals surface area contributed by atoms with Gasteiger partial charge in [-0.15, -0.1) is 0 Å². The van der Waals surface area contributed by atoms with E-state index in [9.17, 15) is 9.18 Å². The van der Waals surface area contributed by atoms with Crippen LogP contribution in [-0.2, 0) is 0 Å². The third kappa shape index (κ3) is 1.99. The van der Waals surface area contributed by atoms with Crippen molar-refractivity contribution in [2.45, 2.75) is 0 Å². The Bertz CT molecular complexity index is 762. The van der Waals surface area contributed by atoms with E-state index in [1.807, 2.05) is 24.3 Å². The monoisotopic (exact) mass is 251 g/mol. The number of carbonyl (C=O) groups is 1. The van der Waals surface area contributed by atoms with Crippen molar-refractivity contribution in [1.29, 1.82) is 0 Å². The van der Waals surface area contributed by atoms with Gasteiger partial charge in [0.2, 0.25) is 0 Å². The van der Waals surface area contributed by atoms with Crippen molar-refractivity contribution in [3.63, 3.8) is 0 Å². The summed E-state index contributed by atoms with van der Waals surface area (Å²) >= 11 is 0. The van der Waals surface area contributed by atoms with Crippen LogP contribution >= 0.6 is 0 Å². The number of fused-ring (bicyclic) bond motifs is 1. The molecule has 3 rings (SSSR count). The van der Waals surface area contributed by atoms with Crippen LogP contribution in [0.25, 0.3) is 21.9 Å². The number of hydrogen-bond acceptors (Lipinski definition) is 2. The largest absolute Gasteiger partial charge is 0.298 e. The van der Waals surface area contributed by atoms with Crippen LogP contribution in [0.4, 0.5) is 4.39 Å². The Hall–Kier alpha value is -2.55.